The summed E-state index contributed by atoms with van der Waals surface area (Å²) in [6, 6.07) is 11.8. The molecule has 1 atom stereocenters. The van der Waals surface area contributed by atoms with Gasteiger partial charge in [-0.2, -0.15) is 11.3 Å². The molecule has 0 saturated heterocycles. The highest BCUT2D eigenvalue weighted by atomic mass is 32.1. The van der Waals surface area contributed by atoms with Gasteiger partial charge in [0, 0.05) is 19.0 Å². The highest BCUT2D eigenvalue weighted by molar-refractivity contribution is 7.07. The van der Waals surface area contributed by atoms with E-state index in [0.29, 0.717) is 19.4 Å². The first-order valence-corrected chi connectivity index (χ1v) is 7.28. The quantitative estimate of drug-likeness (QED) is 0.851. The van der Waals surface area contributed by atoms with Gasteiger partial charge in [-0.3, -0.25) is 4.79 Å². The lowest BCUT2D eigenvalue weighted by molar-refractivity contribution is -0.121. The van der Waals surface area contributed by atoms with Gasteiger partial charge in [0.1, 0.15) is 0 Å². The molecule has 2 rings (SSSR count). The maximum atomic E-state index is 11.7. The number of amides is 1. The molecule has 0 aliphatic heterocycles. The van der Waals surface area contributed by atoms with Crippen molar-refractivity contribution in [1.29, 1.82) is 0 Å². The summed E-state index contributed by atoms with van der Waals surface area (Å²) in [5.74, 6) is 0.0533. The molecule has 0 radical (unpaired) electrons. The van der Waals surface area contributed by atoms with Crippen molar-refractivity contribution in [3.8, 4) is 0 Å². The lowest BCUT2D eigenvalue weighted by Gasteiger charge is -2.11. The van der Waals surface area contributed by atoms with Crippen LogP contribution in [0, 0.1) is 0 Å². The van der Waals surface area contributed by atoms with Crippen LogP contribution in [0.4, 0.5) is 0 Å². The summed E-state index contributed by atoms with van der Waals surface area (Å²) in [6.45, 7) is 0.600. The summed E-state index contributed by atoms with van der Waals surface area (Å²) in [7, 11) is 0. The van der Waals surface area contributed by atoms with Gasteiger partial charge in [0.15, 0.2) is 0 Å². The monoisotopic (exact) mass is 274 g/mol. The Morgan fingerprint density at radius 3 is 2.74 bits per heavy atom. The molecule has 2 aromatic rings. The largest absolute Gasteiger partial charge is 0.352 e. The zero-order chi connectivity index (χ0) is 13.5. The Labute approximate surface area is 117 Å². The second-order valence-corrected chi connectivity index (χ2v) is 5.24. The number of hydrogen-bond donors (Lipinski definition) is 2. The van der Waals surface area contributed by atoms with Gasteiger partial charge in [-0.05, 0) is 34.4 Å². The van der Waals surface area contributed by atoms with E-state index in [9.17, 15) is 4.79 Å². The first-order chi connectivity index (χ1) is 9.25. The number of hydrogen-bond acceptors (Lipinski definition) is 3. The van der Waals surface area contributed by atoms with Crippen LogP contribution in [0.5, 0.6) is 0 Å². The van der Waals surface area contributed by atoms with Crippen LogP contribution in [0.15, 0.2) is 47.2 Å². The van der Waals surface area contributed by atoms with Crippen molar-refractivity contribution >= 4 is 17.2 Å². The van der Waals surface area contributed by atoms with Crippen molar-refractivity contribution in [3.05, 3.63) is 58.3 Å². The van der Waals surface area contributed by atoms with E-state index >= 15 is 0 Å². The second kappa shape index (κ2) is 7.07. The molecule has 1 amide bonds. The Hall–Kier alpha value is -1.65. The topological polar surface area (TPSA) is 55.1 Å². The molecule has 1 aromatic carbocycles. The predicted molar refractivity (Wildman–Crippen MR) is 78.8 cm³/mol. The Morgan fingerprint density at radius 1 is 1.26 bits per heavy atom. The highest BCUT2D eigenvalue weighted by Gasteiger charge is 2.08. The number of nitrogens with two attached hydrogens (primary N) is 1. The van der Waals surface area contributed by atoms with Gasteiger partial charge in [-0.15, -0.1) is 0 Å². The molecule has 1 unspecified atom stereocenters. The Kier molecular flexibility index (Phi) is 5.12. The van der Waals surface area contributed by atoms with Crippen LogP contribution in [-0.4, -0.2) is 5.91 Å². The molecule has 4 heteroatoms. The molecule has 0 fully saturated rings. The molecule has 1 aromatic heterocycles. The number of rotatable bonds is 6. The van der Waals surface area contributed by atoms with Crippen LogP contribution < -0.4 is 11.1 Å². The van der Waals surface area contributed by atoms with Gasteiger partial charge in [0.2, 0.25) is 5.91 Å². The van der Waals surface area contributed by atoms with Crippen LogP contribution in [-0.2, 0) is 11.3 Å². The standard InChI is InChI=1S/C15H18N2OS/c16-14(13-4-2-1-3-5-13)6-7-15(18)17-10-12-8-9-19-11-12/h1-5,8-9,11,14H,6-7,10,16H2,(H,17,18). The molecule has 0 spiro atoms. The van der Waals surface area contributed by atoms with E-state index in [1.54, 1.807) is 11.3 Å². The van der Waals surface area contributed by atoms with Crippen LogP contribution in [0.2, 0.25) is 0 Å². The Balaban J connectivity index is 1.71. The normalized spacial score (nSPS) is 12.1. The average Bonchev–Trinajstić information content (AvgIpc) is 2.96. The number of thiophene rings is 1. The van der Waals surface area contributed by atoms with Crippen molar-refractivity contribution in [3.63, 3.8) is 0 Å². The van der Waals surface area contributed by atoms with E-state index in [-0.39, 0.29) is 11.9 Å². The minimum Gasteiger partial charge on any atom is -0.352 e. The number of carbonyl (C=O) groups excluding carboxylic acids is 1. The van der Waals surface area contributed by atoms with Crippen LogP contribution in [0.1, 0.15) is 30.0 Å². The van der Waals surface area contributed by atoms with E-state index in [2.05, 4.69) is 5.32 Å². The lowest BCUT2D eigenvalue weighted by Crippen LogP contribution is -2.23. The van der Waals surface area contributed by atoms with Gasteiger partial charge in [0.25, 0.3) is 0 Å². The van der Waals surface area contributed by atoms with Crippen molar-refractivity contribution < 1.29 is 4.79 Å². The maximum absolute atomic E-state index is 11.7. The molecular weight excluding hydrogens is 256 g/mol. The zero-order valence-corrected chi connectivity index (χ0v) is 11.5. The van der Waals surface area contributed by atoms with Gasteiger partial charge in [0.05, 0.1) is 0 Å². The highest BCUT2D eigenvalue weighted by Crippen LogP contribution is 2.15. The molecule has 3 nitrogen and oxygen atoms in total. The fourth-order valence-corrected chi connectivity index (χ4v) is 2.50. The summed E-state index contributed by atoms with van der Waals surface area (Å²) < 4.78 is 0. The maximum Gasteiger partial charge on any atom is 0.220 e. The van der Waals surface area contributed by atoms with Crippen molar-refractivity contribution in [2.45, 2.75) is 25.4 Å². The predicted octanol–water partition coefficient (Wildman–Crippen LogP) is 2.84. The molecule has 0 bridgehead atoms. The van der Waals surface area contributed by atoms with Crippen molar-refractivity contribution in [1.82, 2.24) is 5.32 Å². The SMILES string of the molecule is NC(CCC(=O)NCc1ccsc1)c1ccccc1. The Morgan fingerprint density at radius 2 is 2.05 bits per heavy atom. The summed E-state index contributed by atoms with van der Waals surface area (Å²) in [5, 5.41) is 6.95. The first-order valence-electron chi connectivity index (χ1n) is 6.34. The molecule has 19 heavy (non-hydrogen) atoms. The van der Waals surface area contributed by atoms with Gasteiger partial charge in [-0.1, -0.05) is 30.3 Å². The first kappa shape index (κ1) is 13.8. The fraction of sp³-hybridized carbons (Fsp3) is 0.267. The molecule has 0 aliphatic rings. The van der Waals surface area contributed by atoms with Crippen molar-refractivity contribution in [2.24, 2.45) is 5.73 Å². The molecule has 0 saturated carbocycles. The summed E-state index contributed by atoms with van der Waals surface area (Å²) in [4.78, 5) is 11.7. The van der Waals surface area contributed by atoms with Crippen molar-refractivity contribution in [2.75, 3.05) is 0 Å². The summed E-state index contributed by atoms with van der Waals surface area (Å²) in [6.07, 6.45) is 1.12. The van der Waals surface area contributed by atoms with Gasteiger partial charge < -0.3 is 11.1 Å². The van der Waals surface area contributed by atoms with Crippen LogP contribution >= 0.6 is 11.3 Å². The van der Waals surface area contributed by atoms with Gasteiger partial charge >= 0.3 is 0 Å². The smallest absolute Gasteiger partial charge is 0.220 e. The second-order valence-electron chi connectivity index (χ2n) is 4.46. The average molecular weight is 274 g/mol. The van der Waals surface area contributed by atoms with Crippen LogP contribution in [0.3, 0.4) is 0 Å². The van der Waals surface area contributed by atoms with E-state index in [1.807, 2.05) is 47.2 Å². The van der Waals surface area contributed by atoms with E-state index in [0.717, 1.165) is 11.1 Å². The van der Waals surface area contributed by atoms with Gasteiger partial charge in [-0.25, -0.2) is 0 Å². The minimum atomic E-state index is -0.0758. The third-order valence-corrected chi connectivity index (χ3v) is 3.71. The number of benzene rings is 1. The molecule has 3 N–H and O–H groups in total. The molecule has 0 aliphatic carbocycles. The minimum absolute atomic E-state index is 0.0533. The summed E-state index contributed by atoms with van der Waals surface area (Å²) in [5.41, 5.74) is 8.28. The summed E-state index contributed by atoms with van der Waals surface area (Å²) >= 11 is 1.64. The molecular formula is C15H18N2OS. The third kappa shape index (κ3) is 4.50. The zero-order valence-electron chi connectivity index (χ0n) is 10.7. The molecule has 1 heterocycles. The third-order valence-electron chi connectivity index (χ3n) is 2.98. The molecule has 100 valence electrons. The lowest BCUT2D eigenvalue weighted by atomic mass is 10.0. The number of nitrogens with one attached hydrogen (secondary N) is 1. The number of carbonyl (C=O) groups is 1. The van der Waals surface area contributed by atoms with Crippen LogP contribution in [0.25, 0.3) is 0 Å². The van der Waals surface area contributed by atoms with E-state index in [1.165, 1.54) is 0 Å². The van der Waals surface area contributed by atoms with E-state index < -0.39 is 0 Å². The Bertz CT molecular complexity index is 496. The van der Waals surface area contributed by atoms with E-state index in [4.69, 9.17) is 5.73 Å². The fourth-order valence-electron chi connectivity index (χ4n) is 1.84.